The standard InChI is InChI=1S/C24H23N3O2/c1-16-7-13-20-21(15-16)27-24(26-20)18-8-11-19(12-9-18)25-23(28)14-10-17-5-3-4-6-22(17)29-2/h3-9,11-13,15H,10,14H2,1-2H3,(H,25,28)(H,26,27). The van der Waals surface area contributed by atoms with E-state index in [9.17, 15) is 4.79 Å². The maximum absolute atomic E-state index is 12.3. The molecule has 5 nitrogen and oxygen atoms in total. The number of H-pyrrole nitrogens is 1. The molecule has 0 saturated carbocycles. The zero-order valence-electron chi connectivity index (χ0n) is 16.5. The van der Waals surface area contributed by atoms with E-state index in [2.05, 4.69) is 34.3 Å². The van der Waals surface area contributed by atoms with Gasteiger partial charge in [0.2, 0.25) is 5.91 Å². The third-order valence-electron chi connectivity index (χ3n) is 4.89. The van der Waals surface area contributed by atoms with Gasteiger partial charge in [-0.1, -0.05) is 24.3 Å². The second-order valence-corrected chi connectivity index (χ2v) is 7.04. The molecule has 29 heavy (non-hydrogen) atoms. The first-order chi connectivity index (χ1) is 14.1. The van der Waals surface area contributed by atoms with E-state index in [1.54, 1.807) is 7.11 Å². The Morgan fingerprint density at radius 1 is 1.07 bits per heavy atom. The summed E-state index contributed by atoms with van der Waals surface area (Å²) in [7, 11) is 1.64. The number of aryl methyl sites for hydroxylation is 2. The molecule has 0 spiro atoms. The van der Waals surface area contributed by atoms with Crippen molar-refractivity contribution in [2.45, 2.75) is 19.8 Å². The molecule has 0 aliphatic carbocycles. The summed E-state index contributed by atoms with van der Waals surface area (Å²) < 4.78 is 5.34. The summed E-state index contributed by atoms with van der Waals surface area (Å²) in [5.41, 5.74) is 5.93. The van der Waals surface area contributed by atoms with Gasteiger partial charge in [-0.2, -0.15) is 0 Å². The van der Waals surface area contributed by atoms with Crippen LogP contribution in [0.4, 0.5) is 5.69 Å². The third kappa shape index (κ3) is 4.29. The van der Waals surface area contributed by atoms with Crippen LogP contribution in [0.5, 0.6) is 5.75 Å². The van der Waals surface area contributed by atoms with Crippen LogP contribution >= 0.6 is 0 Å². The van der Waals surface area contributed by atoms with E-state index < -0.39 is 0 Å². The minimum atomic E-state index is -0.0251. The molecule has 146 valence electrons. The fourth-order valence-electron chi connectivity index (χ4n) is 3.35. The number of amides is 1. The maximum atomic E-state index is 12.3. The summed E-state index contributed by atoms with van der Waals surface area (Å²) in [6.07, 6.45) is 1.03. The normalized spacial score (nSPS) is 10.8. The fourth-order valence-corrected chi connectivity index (χ4v) is 3.35. The third-order valence-corrected chi connectivity index (χ3v) is 4.89. The number of nitrogens with zero attached hydrogens (tertiary/aromatic N) is 1. The van der Waals surface area contributed by atoms with Crippen molar-refractivity contribution in [1.82, 2.24) is 9.97 Å². The number of hydrogen-bond acceptors (Lipinski definition) is 3. The van der Waals surface area contributed by atoms with Crippen LogP contribution in [-0.2, 0) is 11.2 Å². The van der Waals surface area contributed by atoms with Crippen molar-refractivity contribution in [2.75, 3.05) is 12.4 Å². The van der Waals surface area contributed by atoms with Gasteiger partial charge < -0.3 is 15.0 Å². The molecule has 0 atom stereocenters. The summed E-state index contributed by atoms with van der Waals surface area (Å²) >= 11 is 0. The van der Waals surface area contributed by atoms with Crippen LogP contribution in [0.1, 0.15) is 17.5 Å². The summed E-state index contributed by atoms with van der Waals surface area (Å²) in [6.45, 7) is 2.06. The number of carbonyl (C=O) groups is 1. The molecule has 4 rings (SSSR count). The van der Waals surface area contributed by atoms with E-state index in [4.69, 9.17) is 4.74 Å². The molecule has 0 unspecified atom stereocenters. The summed E-state index contributed by atoms with van der Waals surface area (Å²) in [5.74, 6) is 1.60. The molecule has 1 amide bonds. The van der Waals surface area contributed by atoms with Gasteiger partial charge >= 0.3 is 0 Å². The molecule has 0 aliphatic rings. The van der Waals surface area contributed by atoms with Crippen LogP contribution in [0.25, 0.3) is 22.4 Å². The van der Waals surface area contributed by atoms with Gasteiger partial charge in [-0.3, -0.25) is 4.79 Å². The molecule has 0 aliphatic heterocycles. The Kier molecular flexibility index (Phi) is 5.29. The van der Waals surface area contributed by atoms with Crippen molar-refractivity contribution in [3.8, 4) is 17.1 Å². The minimum Gasteiger partial charge on any atom is -0.496 e. The largest absolute Gasteiger partial charge is 0.496 e. The lowest BCUT2D eigenvalue weighted by atomic mass is 10.1. The van der Waals surface area contributed by atoms with Crippen LogP contribution in [0.2, 0.25) is 0 Å². The highest BCUT2D eigenvalue weighted by Crippen LogP contribution is 2.23. The van der Waals surface area contributed by atoms with Crippen LogP contribution < -0.4 is 10.1 Å². The highest BCUT2D eigenvalue weighted by Gasteiger charge is 2.08. The van der Waals surface area contributed by atoms with E-state index in [-0.39, 0.29) is 5.91 Å². The molecular formula is C24H23N3O2. The molecular weight excluding hydrogens is 362 g/mol. The minimum absolute atomic E-state index is 0.0251. The second-order valence-electron chi connectivity index (χ2n) is 7.04. The Morgan fingerprint density at radius 2 is 1.86 bits per heavy atom. The highest BCUT2D eigenvalue weighted by molar-refractivity contribution is 5.91. The van der Waals surface area contributed by atoms with E-state index in [0.29, 0.717) is 12.8 Å². The Labute approximate surface area is 169 Å². The van der Waals surface area contributed by atoms with Gasteiger partial charge in [0.15, 0.2) is 0 Å². The lowest BCUT2D eigenvalue weighted by Gasteiger charge is -2.09. The average molecular weight is 385 g/mol. The predicted molar refractivity (Wildman–Crippen MR) is 116 cm³/mol. The maximum Gasteiger partial charge on any atom is 0.224 e. The molecule has 0 fully saturated rings. The first-order valence-corrected chi connectivity index (χ1v) is 9.61. The number of fused-ring (bicyclic) bond motifs is 1. The predicted octanol–water partition coefficient (Wildman–Crippen LogP) is 5.12. The average Bonchev–Trinajstić information content (AvgIpc) is 3.16. The summed E-state index contributed by atoms with van der Waals surface area (Å²) in [4.78, 5) is 20.3. The number of imidazole rings is 1. The van der Waals surface area contributed by atoms with Crippen molar-refractivity contribution >= 4 is 22.6 Å². The van der Waals surface area contributed by atoms with Crippen molar-refractivity contribution in [2.24, 2.45) is 0 Å². The van der Waals surface area contributed by atoms with Gasteiger partial charge in [0.05, 0.1) is 18.1 Å². The number of carbonyl (C=O) groups excluding carboxylic acids is 1. The monoisotopic (exact) mass is 385 g/mol. The molecule has 3 aromatic carbocycles. The number of aromatic amines is 1. The van der Waals surface area contributed by atoms with Gasteiger partial charge in [0, 0.05) is 17.7 Å². The van der Waals surface area contributed by atoms with Crippen LogP contribution in [0.15, 0.2) is 66.7 Å². The topological polar surface area (TPSA) is 67.0 Å². The lowest BCUT2D eigenvalue weighted by Crippen LogP contribution is -2.12. The van der Waals surface area contributed by atoms with Gasteiger partial charge in [0.1, 0.15) is 11.6 Å². The second kappa shape index (κ2) is 8.19. The van der Waals surface area contributed by atoms with Crippen molar-refractivity contribution < 1.29 is 9.53 Å². The van der Waals surface area contributed by atoms with Crippen molar-refractivity contribution in [1.29, 1.82) is 0 Å². The smallest absolute Gasteiger partial charge is 0.224 e. The number of para-hydroxylation sites is 1. The van der Waals surface area contributed by atoms with Crippen molar-refractivity contribution in [3.05, 3.63) is 77.9 Å². The molecule has 1 heterocycles. The Hall–Kier alpha value is -3.60. The van der Waals surface area contributed by atoms with Crippen LogP contribution in [-0.4, -0.2) is 23.0 Å². The number of ether oxygens (including phenoxy) is 1. The summed E-state index contributed by atoms with van der Waals surface area (Å²) in [6, 6.07) is 21.6. The number of benzene rings is 3. The Bertz CT molecular complexity index is 1150. The molecule has 0 bridgehead atoms. The first-order valence-electron chi connectivity index (χ1n) is 9.61. The van der Waals surface area contributed by atoms with E-state index in [1.165, 1.54) is 5.56 Å². The number of anilines is 1. The number of nitrogens with one attached hydrogen (secondary N) is 2. The van der Waals surface area contributed by atoms with Crippen LogP contribution in [0, 0.1) is 6.92 Å². The van der Waals surface area contributed by atoms with E-state index in [0.717, 1.165) is 39.4 Å². The van der Waals surface area contributed by atoms with Crippen LogP contribution in [0.3, 0.4) is 0 Å². The lowest BCUT2D eigenvalue weighted by molar-refractivity contribution is -0.116. The summed E-state index contributed by atoms with van der Waals surface area (Å²) in [5, 5.41) is 2.95. The molecule has 0 saturated heterocycles. The molecule has 5 heteroatoms. The number of rotatable bonds is 6. The fraction of sp³-hybridized carbons (Fsp3) is 0.167. The van der Waals surface area contributed by atoms with Gasteiger partial charge in [-0.15, -0.1) is 0 Å². The van der Waals surface area contributed by atoms with Crippen molar-refractivity contribution in [3.63, 3.8) is 0 Å². The number of methoxy groups -OCH3 is 1. The molecule has 2 N–H and O–H groups in total. The van der Waals surface area contributed by atoms with Gasteiger partial charge in [0.25, 0.3) is 0 Å². The van der Waals surface area contributed by atoms with Gasteiger partial charge in [-0.05, 0) is 66.9 Å². The Balaban J connectivity index is 1.40. The van der Waals surface area contributed by atoms with E-state index >= 15 is 0 Å². The SMILES string of the molecule is COc1ccccc1CCC(=O)Nc1ccc(-c2nc3ccc(C)cc3[nH]2)cc1. The van der Waals surface area contributed by atoms with E-state index in [1.807, 2.05) is 54.6 Å². The van der Waals surface area contributed by atoms with Gasteiger partial charge in [-0.25, -0.2) is 4.98 Å². The number of aromatic nitrogens is 2. The highest BCUT2D eigenvalue weighted by atomic mass is 16.5. The number of hydrogen-bond donors (Lipinski definition) is 2. The molecule has 1 aromatic heterocycles. The quantitative estimate of drug-likeness (QED) is 0.484. The molecule has 0 radical (unpaired) electrons. The Morgan fingerprint density at radius 3 is 2.66 bits per heavy atom. The zero-order valence-corrected chi connectivity index (χ0v) is 16.5. The molecule has 4 aromatic rings. The zero-order chi connectivity index (χ0) is 20.2. The first kappa shape index (κ1) is 18.7.